The zero-order valence-corrected chi connectivity index (χ0v) is 11.4. The second kappa shape index (κ2) is 5.48. The van der Waals surface area contributed by atoms with Crippen LogP contribution in [0.1, 0.15) is 55.9 Å². The van der Waals surface area contributed by atoms with Crippen LogP contribution in [0.2, 0.25) is 0 Å². The van der Waals surface area contributed by atoms with E-state index in [9.17, 15) is 0 Å². The Morgan fingerprint density at radius 2 is 2.22 bits per heavy atom. The lowest BCUT2D eigenvalue weighted by Crippen LogP contribution is -2.02. The van der Waals surface area contributed by atoms with Gasteiger partial charge in [-0.05, 0) is 6.42 Å². The molecule has 0 spiro atoms. The van der Waals surface area contributed by atoms with Crippen molar-refractivity contribution in [2.45, 2.75) is 45.0 Å². The second-order valence-electron chi connectivity index (χ2n) is 4.42. The van der Waals surface area contributed by atoms with Gasteiger partial charge in [0.05, 0.1) is 11.6 Å². The van der Waals surface area contributed by atoms with Gasteiger partial charge in [-0.2, -0.15) is 4.98 Å². The van der Waals surface area contributed by atoms with Crippen LogP contribution in [0.4, 0.5) is 0 Å². The lowest BCUT2D eigenvalue weighted by molar-refractivity contribution is 0.359. The van der Waals surface area contributed by atoms with E-state index in [2.05, 4.69) is 20.5 Å². The van der Waals surface area contributed by atoms with Crippen LogP contribution in [0, 0.1) is 0 Å². The van der Waals surface area contributed by atoms with Crippen molar-refractivity contribution in [3.8, 4) is 0 Å². The maximum Gasteiger partial charge on any atom is 0.229 e. The van der Waals surface area contributed by atoms with Gasteiger partial charge in [-0.3, -0.25) is 0 Å². The summed E-state index contributed by atoms with van der Waals surface area (Å²) in [5, 5.41) is 11.8. The Hall–Kier alpha value is -1.43. The number of halogens is 1. The predicted octanol–water partition coefficient (Wildman–Crippen LogP) is 2.52. The van der Waals surface area contributed by atoms with Crippen LogP contribution in [0.25, 0.3) is 0 Å². The number of hydrogen-bond donors (Lipinski definition) is 0. The molecule has 0 aromatic carbocycles. The summed E-state index contributed by atoms with van der Waals surface area (Å²) in [6.45, 7) is 6.45. The van der Waals surface area contributed by atoms with E-state index in [-0.39, 0.29) is 11.3 Å². The number of aromatic nitrogens is 5. The Kier molecular flexibility index (Phi) is 3.96. The maximum atomic E-state index is 6.09. The number of alkyl halides is 1. The SMILES string of the molecule is CCC(Cl)c1cn(Cc2noc(C(C)C)n2)nn1. The van der Waals surface area contributed by atoms with E-state index in [1.54, 1.807) is 4.68 Å². The molecule has 6 nitrogen and oxygen atoms in total. The third-order valence-corrected chi connectivity index (χ3v) is 3.05. The zero-order chi connectivity index (χ0) is 13.1. The summed E-state index contributed by atoms with van der Waals surface area (Å²) in [6, 6.07) is 0. The molecule has 98 valence electrons. The molecule has 0 aliphatic rings. The van der Waals surface area contributed by atoms with Gasteiger partial charge in [0.2, 0.25) is 5.89 Å². The fraction of sp³-hybridized carbons (Fsp3) is 0.636. The standard InChI is InChI=1S/C11H16ClN5O/c1-4-8(12)9-5-17(16-14-9)6-10-13-11(7(2)3)18-15-10/h5,7-8H,4,6H2,1-3H3. The third-order valence-electron chi connectivity index (χ3n) is 2.52. The first-order valence-corrected chi connectivity index (χ1v) is 6.40. The molecule has 0 radical (unpaired) electrons. The average molecular weight is 270 g/mol. The zero-order valence-electron chi connectivity index (χ0n) is 10.7. The van der Waals surface area contributed by atoms with Gasteiger partial charge in [0.1, 0.15) is 12.2 Å². The van der Waals surface area contributed by atoms with E-state index < -0.39 is 0 Å². The van der Waals surface area contributed by atoms with Crippen molar-refractivity contribution >= 4 is 11.6 Å². The van der Waals surface area contributed by atoms with Crippen molar-refractivity contribution < 1.29 is 4.52 Å². The van der Waals surface area contributed by atoms with Crippen LogP contribution in [0.5, 0.6) is 0 Å². The molecular formula is C11H16ClN5O. The molecule has 0 fully saturated rings. The van der Waals surface area contributed by atoms with Crippen LogP contribution in [0.15, 0.2) is 10.7 Å². The number of hydrogen-bond acceptors (Lipinski definition) is 5. The first-order valence-electron chi connectivity index (χ1n) is 5.96. The van der Waals surface area contributed by atoms with E-state index in [4.69, 9.17) is 16.1 Å². The molecule has 0 bridgehead atoms. The highest BCUT2D eigenvalue weighted by atomic mass is 35.5. The Labute approximate surface area is 110 Å². The molecule has 2 heterocycles. The first kappa shape index (κ1) is 13.0. The van der Waals surface area contributed by atoms with Crippen molar-refractivity contribution in [1.82, 2.24) is 25.1 Å². The van der Waals surface area contributed by atoms with E-state index in [0.29, 0.717) is 18.3 Å². The largest absolute Gasteiger partial charge is 0.339 e. The van der Waals surface area contributed by atoms with Crippen LogP contribution >= 0.6 is 11.6 Å². The molecule has 0 aliphatic carbocycles. The summed E-state index contributed by atoms with van der Waals surface area (Å²) in [5.74, 6) is 1.46. The molecule has 7 heteroatoms. The molecule has 18 heavy (non-hydrogen) atoms. The van der Waals surface area contributed by atoms with Crippen molar-refractivity contribution in [2.75, 3.05) is 0 Å². The Balaban J connectivity index is 2.06. The summed E-state index contributed by atoms with van der Waals surface area (Å²) >= 11 is 6.09. The van der Waals surface area contributed by atoms with Crippen molar-refractivity contribution in [3.63, 3.8) is 0 Å². The van der Waals surface area contributed by atoms with Crippen LogP contribution in [0.3, 0.4) is 0 Å². The van der Waals surface area contributed by atoms with Gasteiger partial charge < -0.3 is 4.52 Å². The molecule has 0 amide bonds. The Morgan fingerprint density at radius 1 is 1.44 bits per heavy atom. The summed E-state index contributed by atoms with van der Waals surface area (Å²) in [4.78, 5) is 4.28. The van der Waals surface area contributed by atoms with Crippen LogP contribution < -0.4 is 0 Å². The van der Waals surface area contributed by atoms with Gasteiger partial charge in [-0.1, -0.05) is 31.1 Å². The smallest absolute Gasteiger partial charge is 0.229 e. The molecule has 2 aromatic heterocycles. The fourth-order valence-electron chi connectivity index (χ4n) is 1.45. The van der Waals surface area contributed by atoms with E-state index in [1.807, 2.05) is 27.0 Å². The van der Waals surface area contributed by atoms with E-state index in [0.717, 1.165) is 12.1 Å². The monoisotopic (exact) mass is 269 g/mol. The van der Waals surface area contributed by atoms with Crippen LogP contribution in [-0.4, -0.2) is 25.1 Å². The highest BCUT2D eigenvalue weighted by Gasteiger charge is 2.13. The molecule has 0 saturated heterocycles. The van der Waals surface area contributed by atoms with Gasteiger partial charge in [0, 0.05) is 5.92 Å². The normalized spacial score (nSPS) is 13.2. The maximum absolute atomic E-state index is 6.09. The number of nitrogens with zero attached hydrogens (tertiary/aromatic N) is 5. The minimum atomic E-state index is -0.102. The quantitative estimate of drug-likeness (QED) is 0.780. The minimum absolute atomic E-state index is 0.102. The Bertz CT molecular complexity index is 507. The third kappa shape index (κ3) is 2.87. The summed E-state index contributed by atoms with van der Waals surface area (Å²) in [6.07, 6.45) is 2.63. The van der Waals surface area contributed by atoms with Crippen molar-refractivity contribution in [1.29, 1.82) is 0 Å². The van der Waals surface area contributed by atoms with Gasteiger partial charge >= 0.3 is 0 Å². The molecule has 1 atom stereocenters. The first-order chi connectivity index (χ1) is 8.60. The van der Waals surface area contributed by atoms with E-state index >= 15 is 0 Å². The predicted molar refractivity (Wildman–Crippen MR) is 66.4 cm³/mol. The molecule has 0 N–H and O–H groups in total. The van der Waals surface area contributed by atoms with Crippen LogP contribution in [-0.2, 0) is 6.54 Å². The fourth-order valence-corrected chi connectivity index (χ4v) is 1.55. The summed E-state index contributed by atoms with van der Waals surface area (Å²) < 4.78 is 6.79. The van der Waals surface area contributed by atoms with E-state index in [1.165, 1.54) is 0 Å². The lowest BCUT2D eigenvalue weighted by Gasteiger charge is -1.98. The average Bonchev–Trinajstić information content (AvgIpc) is 2.98. The van der Waals surface area contributed by atoms with Gasteiger partial charge in [0.15, 0.2) is 5.82 Å². The topological polar surface area (TPSA) is 69.6 Å². The molecule has 2 rings (SSSR count). The lowest BCUT2D eigenvalue weighted by atomic mass is 10.2. The molecule has 2 aromatic rings. The molecular weight excluding hydrogens is 254 g/mol. The van der Waals surface area contributed by atoms with Gasteiger partial charge in [0.25, 0.3) is 0 Å². The molecule has 1 unspecified atom stereocenters. The highest BCUT2D eigenvalue weighted by Crippen LogP contribution is 2.20. The van der Waals surface area contributed by atoms with Gasteiger partial charge in [-0.25, -0.2) is 4.68 Å². The van der Waals surface area contributed by atoms with Gasteiger partial charge in [-0.15, -0.1) is 16.7 Å². The summed E-state index contributed by atoms with van der Waals surface area (Å²) in [7, 11) is 0. The summed E-state index contributed by atoms with van der Waals surface area (Å²) in [5.41, 5.74) is 0.770. The molecule has 0 aliphatic heterocycles. The highest BCUT2D eigenvalue weighted by molar-refractivity contribution is 6.20. The Morgan fingerprint density at radius 3 is 2.83 bits per heavy atom. The molecule has 0 saturated carbocycles. The second-order valence-corrected chi connectivity index (χ2v) is 4.95. The number of rotatable bonds is 5. The van der Waals surface area contributed by atoms with Crippen molar-refractivity contribution in [2.24, 2.45) is 0 Å². The minimum Gasteiger partial charge on any atom is -0.339 e. The van der Waals surface area contributed by atoms with Crippen molar-refractivity contribution in [3.05, 3.63) is 23.6 Å².